The molecule has 1 aromatic rings. The lowest BCUT2D eigenvalue weighted by Gasteiger charge is -2.09. The van der Waals surface area contributed by atoms with Crippen LogP contribution in [0.25, 0.3) is 0 Å². The van der Waals surface area contributed by atoms with E-state index in [2.05, 4.69) is 6.58 Å². The van der Waals surface area contributed by atoms with Crippen molar-refractivity contribution in [2.24, 2.45) is 0 Å². The average Bonchev–Trinajstić information content (AvgIpc) is 2.26. The van der Waals surface area contributed by atoms with Crippen molar-refractivity contribution in [3.8, 4) is 5.75 Å². The number of rotatable bonds is 6. The number of carbonyl (C=O) groups excluding carboxylic acids is 1. The first-order chi connectivity index (χ1) is 7.65. The second-order valence-electron chi connectivity index (χ2n) is 3.82. The summed E-state index contributed by atoms with van der Waals surface area (Å²) in [4.78, 5) is 11.2. The number of unbranched alkanes of at least 4 members (excludes halogenated alkanes) is 1. The molecule has 0 unspecified atom stereocenters. The van der Waals surface area contributed by atoms with Crippen LogP contribution in [0.5, 0.6) is 5.75 Å². The van der Waals surface area contributed by atoms with E-state index in [4.69, 9.17) is 4.74 Å². The first kappa shape index (κ1) is 12.5. The third kappa shape index (κ3) is 3.54. The van der Waals surface area contributed by atoms with E-state index in [9.17, 15) is 4.79 Å². The SMILES string of the molecule is C=CCCCOc1ccc(C(C)=O)cc1C. The molecule has 0 fully saturated rings. The van der Waals surface area contributed by atoms with Crippen molar-refractivity contribution in [3.05, 3.63) is 42.0 Å². The molecule has 0 spiro atoms. The molecule has 0 amide bonds. The standard InChI is InChI=1S/C14H18O2/c1-4-5-6-9-16-14-8-7-13(12(3)15)10-11(14)2/h4,7-8,10H,1,5-6,9H2,2-3H3. The molecule has 1 rings (SSSR count). The number of carbonyl (C=O) groups is 1. The molecule has 2 nitrogen and oxygen atoms in total. The zero-order valence-electron chi connectivity index (χ0n) is 9.95. The highest BCUT2D eigenvalue weighted by molar-refractivity contribution is 5.94. The molecule has 0 aliphatic heterocycles. The highest BCUT2D eigenvalue weighted by atomic mass is 16.5. The van der Waals surface area contributed by atoms with Crippen LogP contribution in [0.15, 0.2) is 30.9 Å². The fraction of sp³-hybridized carbons (Fsp3) is 0.357. The minimum atomic E-state index is 0.0845. The third-order valence-electron chi connectivity index (χ3n) is 2.39. The Kier molecular flexibility index (Phi) is 4.77. The van der Waals surface area contributed by atoms with Gasteiger partial charge in [-0.3, -0.25) is 4.79 Å². The summed E-state index contributed by atoms with van der Waals surface area (Å²) in [6, 6.07) is 5.53. The molecule has 86 valence electrons. The Morgan fingerprint density at radius 3 is 2.81 bits per heavy atom. The van der Waals surface area contributed by atoms with Crippen LogP contribution in [0, 0.1) is 6.92 Å². The summed E-state index contributed by atoms with van der Waals surface area (Å²) >= 11 is 0. The maximum absolute atomic E-state index is 11.2. The smallest absolute Gasteiger partial charge is 0.159 e. The summed E-state index contributed by atoms with van der Waals surface area (Å²) < 4.78 is 5.61. The number of ether oxygens (including phenoxy) is 1. The van der Waals surface area contributed by atoms with Crippen molar-refractivity contribution in [2.75, 3.05) is 6.61 Å². The second kappa shape index (κ2) is 6.11. The van der Waals surface area contributed by atoms with E-state index < -0.39 is 0 Å². The fourth-order valence-electron chi connectivity index (χ4n) is 1.44. The topological polar surface area (TPSA) is 26.3 Å². The summed E-state index contributed by atoms with van der Waals surface area (Å²) in [7, 11) is 0. The number of benzene rings is 1. The fourth-order valence-corrected chi connectivity index (χ4v) is 1.44. The minimum Gasteiger partial charge on any atom is -0.493 e. The lowest BCUT2D eigenvalue weighted by atomic mass is 10.1. The van der Waals surface area contributed by atoms with E-state index in [0.717, 1.165) is 29.7 Å². The van der Waals surface area contributed by atoms with E-state index in [1.165, 1.54) is 0 Å². The van der Waals surface area contributed by atoms with Crippen molar-refractivity contribution in [1.29, 1.82) is 0 Å². The molecule has 0 bridgehead atoms. The van der Waals surface area contributed by atoms with E-state index >= 15 is 0 Å². The molecule has 16 heavy (non-hydrogen) atoms. The first-order valence-electron chi connectivity index (χ1n) is 5.50. The maximum Gasteiger partial charge on any atom is 0.159 e. The van der Waals surface area contributed by atoms with Crippen LogP contribution >= 0.6 is 0 Å². The van der Waals surface area contributed by atoms with Crippen LogP contribution in [0.3, 0.4) is 0 Å². The van der Waals surface area contributed by atoms with Crippen LogP contribution < -0.4 is 4.74 Å². The summed E-state index contributed by atoms with van der Waals surface area (Å²) in [5, 5.41) is 0. The number of hydrogen-bond acceptors (Lipinski definition) is 2. The molecule has 2 heteroatoms. The van der Waals surface area contributed by atoms with Gasteiger partial charge in [-0.15, -0.1) is 6.58 Å². The monoisotopic (exact) mass is 218 g/mol. The van der Waals surface area contributed by atoms with Crippen molar-refractivity contribution < 1.29 is 9.53 Å². The Bertz CT molecular complexity index is 380. The Labute approximate surface area is 96.9 Å². The van der Waals surface area contributed by atoms with Crippen molar-refractivity contribution >= 4 is 5.78 Å². The number of ketones is 1. The minimum absolute atomic E-state index is 0.0845. The van der Waals surface area contributed by atoms with Crippen molar-refractivity contribution in [3.63, 3.8) is 0 Å². The van der Waals surface area contributed by atoms with Gasteiger partial charge in [0.2, 0.25) is 0 Å². The molecule has 0 atom stereocenters. The molecule has 1 aromatic carbocycles. The summed E-state index contributed by atoms with van der Waals surface area (Å²) in [5.41, 5.74) is 1.74. The Morgan fingerprint density at radius 1 is 1.50 bits per heavy atom. The molecule has 0 aromatic heterocycles. The Balaban J connectivity index is 2.61. The summed E-state index contributed by atoms with van der Waals surface area (Å²) in [5.74, 6) is 0.940. The number of aryl methyl sites for hydroxylation is 1. The average molecular weight is 218 g/mol. The third-order valence-corrected chi connectivity index (χ3v) is 2.39. The van der Waals surface area contributed by atoms with Crippen molar-refractivity contribution in [2.45, 2.75) is 26.7 Å². The molecule has 0 saturated carbocycles. The van der Waals surface area contributed by atoms with Gasteiger partial charge in [0.05, 0.1) is 6.61 Å². The number of allylic oxidation sites excluding steroid dienone is 1. The van der Waals surface area contributed by atoms with E-state index in [1.807, 2.05) is 25.1 Å². The summed E-state index contributed by atoms with van der Waals surface area (Å²) in [6.07, 6.45) is 3.82. The Hall–Kier alpha value is -1.57. The van der Waals surface area contributed by atoms with Crippen LogP contribution in [0.1, 0.15) is 35.7 Å². The highest BCUT2D eigenvalue weighted by Gasteiger charge is 2.03. The number of Topliss-reactive ketones (excluding diaryl/α,β-unsaturated/α-hetero) is 1. The van der Waals surface area contributed by atoms with Gasteiger partial charge in [-0.25, -0.2) is 0 Å². The number of hydrogen-bond donors (Lipinski definition) is 0. The molecular formula is C14H18O2. The van der Waals surface area contributed by atoms with Gasteiger partial charge in [0, 0.05) is 5.56 Å². The van der Waals surface area contributed by atoms with Gasteiger partial charge in [0.15, 0.2) is 5.78 Å². The van der Waals surface area contributed by atoms with Gasteiger partial charge >= 0.3 is 0 Å². The largest absolute Gasteiger partial charge is 0.493 e. The normalized spacial score (nSPS) is 9.88. The van der Waals surface area contributed by atoms with Crippen LogP contribution in [-0.4, -0.2) is 12.4 Å². The van der Waals surface area contributed by atoms with Gasteiger partial charge < -0.3 is 4.74 Å². The maximum atomic E-state index is 11.2. The predicted molar refractivity (Wildman–Crippen MR) is 66.1 cm³/mol. The van der Waals surface area contributed by atoms with Gasteiger partial charge in [0.25, 0.3) is 0 Å². The Morgan fingerprint density at radius 2 is 2.25 bits per heavy atom. The van der Waals surface area contributed by atoms with E-state index in [1.54, 1.807) is 13.0 Å². The van der Waals surface area contributed by atoms with Gasteiger partial charge in [0.1, 0.15) is 5.75 Å². The van der Waals surface area contributed by atoms with Crippen LogP contribution in [0.4, 0.5) is 0 Å². The zero-order chi connectivity index (χ0) is 12.0. The lowest BCUT2D eigenvalue weighted by Crippen LogP contribution is -2.00. The molecule has 0 aliphatic carbocycles. The van der Waals surface area contributed by atoms with Crippen molar-refractivity contribution in [1.82, 2.24) is 0 Å². The molecule has 0 N–H and O–H groups in total. The quantitative estimate of drug-likeness (QED) is 0.414. The zero-order valence-corrected chi connectivity index (χ0v) is 9.95. The van der Waals surface area contributed by atoms with Crippen LogP contribution in [-0.2, 0) is 0 Å². The molecule has 0 radical (unpaired) electrons. The van der Waals surface area contributed by atoms with Gasteiger partial charge in [-0.2, -0.15) is 0 Å². The molecule has 0 heterocycles. The van der Waals surface area contributed by atoms with E-state index in [-0.39, 0.29) is 5.78 Å². The molecule has 0 saturated heterocycles. The predicted octanol–water partition coefficient (Wildman–Crippen LogP) is 3.54. The molecular weight excluding hydrogens is 200 g/mol. The highest BCUT2D eigenvalue weighted by Crippen LogP contribution is 2.19. The van der Waals surface area contributed by atoms with Gasteiger partial charge in [-0.05, 0) is 50.5 Å². The lowest BCUT2D eigenvalue weighted by molar-refractivity contribution is 0.101. The second-order valence-corrected chi connectivity index (χ2v) is 3.82. The van der Waals surface area contributed by atoms with E-state index in [0.29, 0.717) is 6.61 Å². The summed E-state index contributed by atoms with van der Waals surface area (Å²) in [6.45, 7) is 7.87. The van der Waals surface area contributed by atoms with Crippen LogP contribution in [0.2, 0.25) is 0 Å². The molecule has 0 aliphatic rings. The van der Waals surface area contributed by atoms with Gasteiger partial charge in [-0.1, -0.05) is 6.08 Å². The first-order valence-corrected chi connectivity index (χ1v) is 5.50.